The molecule has 0 fully saturated rings. The molecule has 0 amide bonds. The van der Waals surface area contributed by atoms with Crippen molar-refractivity contribution in [1.29, 1.82) is 0 Å². The van der Waals surface area contributed by atoms with Crippen LogP contribution in [0.4, 0.5) is 0 Å². The van der Waals surface area contributed by atoms with Gasteiger partial charge in [0.1, 0.15) is 5.65 Å². The van der Waals surface area contributed by atoms with Crippen LogP contribution >= 0.6 is 0 Å². The number of nitrogens with zero attached hydrogens (tertiary/aromatic N) is 2. The van der Waals surface area contributed by atoms with Gasteiger partial charge >= 0.3 is 5.97 Å². The molecule has 0 N–H and O–H groups in total. The Balaban J connectivity index is 2.36. The Morgan fingerprint density at radius 3 is 2.89 bits per heavy atom. The van der Waals surface area contributed by atoms with Gasteiger partial charge in [-0.1, -0.05) is 6.07 Å². The van der Waals surface area contributed by atoms with Crippen molar-refractivity contribution in [2.75, 3.05) is 13.7 Å². The molecule has 18 heavy (non-hydrogen) atoms. The first kappa shape index (κ1) is 12.6. The molecule has 2 rings (SSSR count). The minimum absolute atomic E-state index is 0.00263. The number of methoxy groups -OCH3 is 1. The van der Waals surface area contributed by atoms with E-state index in [0.717, 1.165) is 5.56 Å². The van der Waals surface area contributed by atoms with E-state index in [0.29, 0.717) is 17.9 Å². The first-order chi connectivity index (χ1) is 8.65. The number of imidazole rings is 1. The third-order valence-corrected chi connectivity index (χ3v) is 2.78. The fourth-order valence-corrected chi connectivity index (χ4v) is 1.69. The van der Waals surface area contributed by atoms with Crippen molar-refractivity contribution in [1.82, 2.24) is 9.38 Å². The smallest absolute Gasteiger partial charge is 0.358 e. The van der Waals surface area contributed by atoms with Crippen LogP contribution in [0.5, 0.6) is 0 Å². The number of hydrogen-bond donors (Lipinski definition) is 0. The lowest BCUT2D eigenvalue weighted by atomic mass is 10.2. The quantitative estimate of drug-likeness (QED) is 0.778. The van der Waals surface area contributed by atoms with Crippen molar-refractivity contribution >= 4 is 11.6 Å². The Morgan fingerprint density at radius 1 is 1.44 bits per heavy atom. The summed E-state index contributed by atoms with van der Waals surface area (Å²) in [4.78, 5) is 15.8. The zero-order valence-corrected chi connectivity index (χ0v) is 10.7. The molecule has 0 bridgehead atoms. The van der Waals surface area contributed by atoms with E-state index in [1.807, 2.05) is 25.3 Å². The Kier molecular flexibility index (Phi) is 3.62. The topological polar surface area (TPSA) is 52.8 Å². The third kappa shape index (κ3) is 2.36. The fourth-order valence-electron chi connectivity index (χ4n) is 1.69. The molecule has 0 aliphatic rings. The molecule has 0 aliphatic carbocycles. The molecule has 0 saturated heterocycles. The molecule has 5 nitrogen and oxygen atoms in total. The van der Waals surface area contributed by atoms with E-state index in [4.69, 9.17) is 9.47 Å². The summed E-state index contributed by atoms with van der Waals surface area (Å²) in [5.74, 6) is -0.400. The standard InChI is InChI=1S/C13H16N2O3/c1-4-18-13(16)11-8-15-7-10(9(2)17-3)5-6-12(15)14-11/h5-9H,4H2,1-3H3/t9-/m0/s1. The summed E-state index contributed by atoms with van der Waals surface area (Å²) in [6, 6.07) is 3.79. The van der Waals surface area contributed by atoms with Gasteiger partial charge in [-0.15, -0.1) is 0 Å². The van der Waals surface area contributed by atoms with E-state index >= 15 is 0 Å². The predicted molar refractivity (Wildman–Crippen MR) is 66.6 cm³/mol. The van der Waals surface area contributed by atoms with E-state index in [-0.39, 0.29) is 6.10 Å². The molecule has 1 atom stereocenters. The fraction of sp³-hybridized carbons (Fsp3) is 0.385. The Morgan fingerprint density at radius 2 is 2.22 bits per heavy atom. The molecule has 2 aromatic heterocycles. The molecular weight excluding hydrogens is 232 g/mol. The van der Waals surface area contributed by atoms with Crippen LogP contribution in [0.25, 0.3) is 5.65 Å². The first-order valence-corrected chi connectivity index (χ1v) is 5.84. The van der Waals surface area contributed by atoms with Crippen LogP contribution in [-0.4, -0.2) is 29.1 Å². The van der Waals surface area contributed by atoms with Gasteiger partial charge in [0.2, 0.25) is 0 Å². The van der Waals surface area contributed by atoms with E-state index in [2.05, 4.69) is 4.98 Å². The van der Waals surface area contributed by atoms with Gasteiger partial charge in [0.25, 0.3) is 0 Å². The highest BCUT2D eigenvalue weighted by molar-refractivity contribution is 5.87. The second-order valence-corrected chi connectivity index (χ2v) is 3.95. The first-order valence-electron chi connectivity index (χ1n) is 5.84. The lowest BCUT2D eigenvalue weighted by molar-refractivity contribution is 0.0520. The Labute approximate surface area is 105 Å². The minimum atomic E-state index is -0.400. The number of ether oxygens (including phenoxy) is 2. The molecular formula is C13H16N2O3. The summed E-state index contributed by atoms with van der Waals surface area (Å²) in [5, 5.41) is 0. The molecule has 0 unspecified atom stereocenters. The second kappa shape index (κ2) is 5.18. The Hall–Kier alpha value is -1.88. The van der Waals surface area contributed by atoms with Gasteiger partial charge in [-0.05, 0) is 25.5 Å². The van der Waals surface area contributed by atoms with Gasteiger partial charge in [-0.25, -0.2) is 9.78 Å². The maximum Gasteiger partial charge on any atom is 0.358 e. The predicted octanol–water partition coefficient (Wildman–Crippen LogP) is 2.22. The highest BCUT2D eigenvalue weighted by Gasteiger charge is 2.12. The van der Waals surface area contributed by atoms with Gasteiger partial charge in [-0.3, -0.25) is 0 Å². The molecule has 0 aromatic carbocycles. The van der Waals surface area contributed by atoms with E-state index in [1.54, 1.807) is 24.6 Å². The number of esters is 1. The number of hydrogen-bond acceptors (Lipinski definition) is 4. The van der Waals surface area contributed by atoms with Gasteiger partial charge in [0.15, 0.2) is 5.69 Å². The highest BCUT2D eigenvalue weighted by Crippen LogP contribution is 2.17. The molecule has 96 valence electrons. The van der Waals surface area contributed by atoms with Crippen LogP contribution in [0.1, 0.15) is 36.0 Å². The molecule has 0 spiro atoms. The van der Waals surface area contributed by atoms with Gasteiger partial charge in [-0.2, -0.15) is 0 Å². The van der Waals surface area contributed by atoms with Crippen molar-refractivity contribution in [3.63, 3.8) is 0 Å². The molecule has 0 aliphatic heterocycles. The number of rotatable bonds is 4. The SMILES string of the molecule is CCOC(=O)c1cn2cc([C@H](C)OC)ccc2n1. The third-order valence-electron chi connectivity index (χ3n) is 2.78. The summed E-state index contributed by atoms with van der Waals surface area (Å²) in [5.41, 5.74) is 2.06. The second-order valence-electron chi connectivity index (χ2n) is 3.95. The van der Waals surface area contributed by atoms with Crippen molar-refractivity contribution < 1.29 is 14.3 Å². The maximum absolute atomic E-state index is 11.6. The summed E-state index contributed by atoms with van der Waals surface area (Å²) < 4.78 is 12.0. The average molecular weight is 248 g/mol. The molecule has 5 heteroatoms. The monoisotopic (exact) mass is 248 g/mol. The summed E-state index contributed by atoms with van der Waals surface area (Å²) in [6.07, 6.45) is 3.57. The highest BCUT2D eigenvalue weighted by atomic mass is 16.5. The van der Waals surface area contributed by atoms with Gasteiger partial charge in [0, 0.05) is 19.5 Å². The van der Waals surface area contributed by atoms with Gasteiger partial charge in [0.05, 0.1) is 12.7 Å². The molecule has 2 heterocycles. The summed E-state index contributed by atoms with van der Waals surface area (Å²) in [7, 11) is 1.66. The Bertz CT molecular complexity index is 562. The maximum atomic E-state index is 11.6. The average Bonchev–Trinajstić information content (AvgIpc) is 2.80. The number of pyridine rings is 1. The van der Waals surface area contributed by atoms with Crippen LogP contribution in [0.15, 0.2) is 24.5 Å². The van der Waals surface area contributed by atoms with Crippen molar-refractivity contribution in [3.8, 4) is 0 Å². The molecule has 0 saturated carbocycles. The zero-order chi connectivity index (χ0) is 13.1. The number of aromatic nitrogens is 2. The largest absolute Gasteiger partial charge is 0.461 e. The van der Waals surface area contributed by atoms with E-state index in [9.17, 15) is 4.79 Å². The van der Waals surface area contributed by atoms with Gasteiger partial charge < -0.3 is 13.9 Å². The van der Waals surface area contributed by atoms with Crippen LogP contribution in [0, 0.1) is 0 Å². The van der Waals surface area contributed by atoms with Crippen LogP contribution < -0.4 is 0 Å². The number of carbonyl (C=O) groups is 1. The number of carbonyl (C=O) groups excluding carboxylic acids is 1. The summed E-state index contributed by atoms with van der Waals surface area (Å²) >= 11 is 0. The van der Waals surface area contributed by atoms with Crippen molar-refractivity contribution in [2.45, 2.75) is 20.0 Å². The van der Waals surface area contributed by atoms with Crippen LogP contribution in [0.2, 0.25) is 0 Å². The van der Waals surface area contributed by atoms with E-state index < -0.39 is 5.97 Å². The van der Waals surface area contributed by atoms with Crippen molar-refractivity contribution in [2.24, 2.45) is 0 Å². The molecule has 2 aromatic rings. The summed E-state index contributed by atoms with van der Waals surface area (Å²) in [6.45, 7) is 4.08. The zero-order valence-electron chi connectivity index (χ0n) is 10.7. The van der Waals surface area contributed by atoms with Crippen LogP contribution in [-0.2, 0) is 9.47 Å². The number of fused-ring (bicyclic) bond motifs is 1. The lowest BCUT2D eigenvalue weighted by Crippen LogP contribution is -2.04. The lowest BCUT2D eigenvalue weighted by Gasteiger charge is -2.09. The minimum Gasteiger partial charge on any atom is -0.461 e. The molecule has 0 radical (unpaired) electrons. The van der Waals surface area contributed by atoms with Crippen molar-refractivity contribution in [3.05, 3.63) is 35.8 Å². The van der Waals surface area contributed by atoms with E-state index in [1.165, 1.54) is 0 Å². The van der Waals surface area contributed by atoms with Crippen LogP contribution in [0.3, 0.4) is 0 Å². The normalized spacial score (nSPS) is 12.6.